The molecular weight excluding hydrogens is 204 g/mol. The second-order valence-corrected chi connectivity index (χ2v) is 3.79. The van der Waals surface area contributed by atoms with Crippen LogP contribution in [-0.4, -0.2) is 24.2 Å². The van der Waals surface area contributed by atoms with Crippen LogP contribution in [0.3, 0.4) is 0 Å². The molecule has 0 bridgehead atoms. The predicted molar refractivity (Wildman–Crippen MR) is 63.2 cm³/mol. The Bertz CT molecular complexity index is 334. The Labute approximate surface area is 96.6 Å². The number of aryl methyl sites for hydroxylation is 1. The SMILES string of the molecule is CCNC(C)c1ccn(CCC(=O)OC)c1. The lowest BCUT2D eigenvalue weighted by Crippen LogP contribution is -2.17. The molecule has 0 aliphatic carbocycles. The van der Waals surface area contributed by atoms with Crippen molar-refractivity contribution in [2.75, 3.05) is 13.7 Å². The number of methoxy groups -OCH3 is 1. The largest absolute Gasteiger partial charge is 0.469 e. The smallest absolute Gasteiger partial charge is 0.307 e. The van der Waals surface area contributed by atoms with Gasteiger partial charge in [0.15, 0.2) is 0 Å². The van der Waals surface area contributed by atoms with Gasteiger partial charge in [-0.1, -0.05) is 6.92 Å². The molecule has 0 spiro atoms. The molecule has 0 fully saturated rings. The van der Waals surface area contributed by atoms with Gasteiger partial charge in [-0.2, -0.15) is 0 Å². The first-order chi connectivity index (χ1) is 7.67. The first-order valence-corrected chi connectivity index (χ1v) is 5.63. The first kappa shape index (κ1) is 12.8. The van der Waals surface area contributed by atoms with Crippen molar-refractivity contribution in [3.05, 3.63) is 24.0 Å². The van der Waals surface area contributed by atoms with E-state index in [1.807, 2.05) is 10.8 Å². The summed E-state index contributed by atoms with van der Waals surface area (Å²) >= 11 is 0. The molecule has 0 saturated heterocycles. The highest BCUT2D eigenvalue weighted by Crippen LogP contribution is 2.12. The third kappa shape index (κ3) is 3.70. The van der Waals surface area contributed by atoms with E-state index in [1.165, 1.54) is 12.7 Å². The maximum atomic E-state index is 11.0. The molecule has 4 heteroatoms. The quantitative estimate of drug-likeness (QED) is 0.748. The van der Waals surface area contributed by atoms with E-state index in [0.29, 0.717) is 19.0 Å². The predicted octanol–water partition coefficient (Wildman–Crippen LogP) is 1.72. The van der Waals surface area contributed by atoms with Gasteiger partial charge < -0.3 is 14.6 Å². The van der Waals surface area contributed by atoms with Gasteiger partial charge in [-0.25, -0.2) is 0 Å². The minimum absolute atomic E-state index is 0.171. The maximum Gasteiger partial charge on any atom is 0.307 e. The van der Waals surface area contributed by atoms with Gasteiger partial charge in [0.05, 0.1) is 13.5 Å². The molecule has 0 saturated carbocycles. The Morgan fingerprint density at radius 3 is 3.00 bits per heavy atom. The Hall–Kier alpha value is -1.29. The van der Waals surface area contributed by atoms with Gasteiger partial charge in [0.1, 0.15) is 0 Å². The molecule has 16 heavy (non-hydrogen) atoms. The normalized spacial score (nSPS) is 12.4. The Kier molecular flexibility index (Phi) is 5.05. The van der Waals surface area contributed by atoms with Gasteiger partial charge in [0, 0.05) is 25.0 Å². The van der Waals surface area contributed by atoms with E-state index < -0.39 is 0 Å². The summed E-state index contributed by atoms with van der Waals surface area (Å²) in [7, 11) is 1.41. The zero-order valence-corrected chi connectivity index (χ0v) is 10.2. The van der Waals surface area contributed by atoms with E-state index in [0.717, 1.165) is 6.54 Å². The monoisotopic (exact) mass is 224 g/mol. The lowest BCUT2D eigenvalue weighted by molar-refractivity contribution is -0.140. The molecule has 1 aromatic heterocycles. The number of hydrogen-bond acceptors (Lipinski definition) is 3. The van der Waals surface area contributed by atoms with E-state index in [-0.39, 0.29) is 5.97 Å². The van der Waals surface area contributed by atoms with E-state index in [1.54, 1.807) is 0 Å². The molecule has 1 heterocycles. The van der Waals surface area contributed by atoms with E-state index in [4.69, 9.17) is 0 Å². The fourth-order valence-corrected chi connectivity index (χ4v) is 1.60. The average molecular weight is 224 g/mol. The standard InChI is InChI=1S/C12H20N2O2/c1-4-13-10(2)11-5-7-14(9-11)8-6-12(15)16-3/h5,7,9-10,13H,4,6,8H2,1-3H3. The van der Waals surface area contributed by atoms with Crippen LogP contribution >= 0.6 is 0 Å². The van der Waals surface area contributed by atoms with Crippen molar-refractivity contribution in [1.29, 1.82) is 0 Å². The number of ether oxygens (including phenoxy) is 1. The minimum Gasteiger partial charge on any atom is -0.469 e. The van der Waals surface area contributed by atoms with Crippen molar-refractivity contribution < 1.29 is 9.53 Å². The highest BCUT2D eigenvalue weighted by Gasteiger charge is 2.06. The van der Waals surface area contributed by atoms with Crippen LogP contribution in [0.15, 0.2) is 18.5 Å². The van der Waals surface area contributed by atoms with Crippen LogP contribution in [-0.2, 0) is 16.1 Å². The summed E-state index contributed by atoms with van der Waals surface area (Å²) in [5.74, 6) is -0.171. The zero-order valence-electron chi connectivity index (χ0n) is 10.2. The summed E-state index contributed by atoms with van der Waals surface area (Å²) in [6.45, 7) is 5.84. The lowest BCUT2D eigenvalue weighted by atomic mass is 10.2. The molecule has 90 valence electrons. The second kappa shape index (κ2) is 6.33. The summed E-state index contributed by atoms with van der Waals surface area (Å²) in [6, 6.07) is 2.43. The van der Waals surface area contributed by atoms with Crippen LogP contribution in [0.4, 0.5) is 0 Å². The molecule has 0 aromatic carbocycles. The summed E-state index contributed by atoms with van der Waals surface area (Å²) in [5, 5.41) is 3.35. The molecule has 1 rings (SSSR count). The molecule has 1 aromatic rings. The van der Waals surface area contributed by atoms with E-state index >= 15 is 0 Å². The number of hydrogen-bond donors (Lipinski definition) is 1. The van der Waals surface area contributed by atoms with Crippen molar-refractivity contribution >= 4 is 5.97 Å². The van der Waals surface area contributed by atoms with Crippen molar-refractivity contribution in [3.63, 3.8) is 0 Å². The third-order valence-electron chi connectivity index (χ3n) is 2.59. The number of nitrogens with zero attached hydrogens (tertiary/aromatic N) is 1. The van der Waals surface area contributed by atoms with E-state index in [9.17, 15) is 4.79 Å². The minimum atomic E-state index is -0.171. The molecule has 0 amide bonds. The van der Waals surface area contributed by atoms with Crippen LogP contribution in [0, 0.1) is 0 Å². The maximum absolute atomic E-state index is 11.0. The van der Waals surface area contributed by atoms with Crippen LogP contribution in [0.2, 0.25) is 0 Å². The van der Waals surface area contributed by atoms with Gasteiger partial charge in [-0.05, 0) is 25.1 Å². The van der Waals surface area contributed by atoms with E-state index in [2.05, 4.69) is 36.2 Å². The van der Waals surface area contributed by atoms with Gasteiger partial charge in [-0.15, -0.1) is 0 Å². The molecule has 1 unspecified atom stereocenters. The number of carbonyl (C=O) groups excluding carboxylic acids is 1. The third-order valence-corrected chi connectivity index (χ3v) is 2.59. The highest BCUT2D eigenvalue weighted by atomic mass is 16.5. The lowest BCUT2D eigenvalue weighted by Gasteiger charge is -2.09. The van der Waals surface area contributed by atoms with Gasteiger partial charge in [-0.3, -0.25) is 4.79 Å². The summed E-state index contributed by atoms with van der Waals surface area (Å²) in [6.07, 6.45) is 4.47. The van der Waals surface area contributed by atoms with Crippen molar-refractivity contribution in [2.45, 2.75) is 32.9 Å². The molecule has 4 nitrogen and oxygen atoms in total. The second-order valence-electron chi connectivity index (χ2n) is 3.79. The summed E-state index contributed by atoms with van der Waals surface area (Å²) in [4.78, 5) is 11.0. The fourth-order valence-electron chi connectivity index (χ4n) is 1.60. The van der Waals surface area contributed by atoms with Gasteiger partial charge in [0.25, 0.3) is 0 Å². The number of rotatable bonds is 6. The van der Waals surface area contributed by atoms with Crippen LogP contribution in [0.25, 0.3) is 0 Å². The topological polar surface area (TPSA) is 43.3 Å². The molecule has 0 radical (unpaired) electrons. The van der Waals surface area contributed by atoms with Crippen LogP contribution < -0.4 is 5.32 Å². The first-order valence-electron chi connectivity index (χ1n) is 5.63. The Morgan fingerprint density at radius 1 is 1.62 bits per heavy atom. The zero-order chi connectivity index (χ0) is 12.0. The Morgan fingerprint density at radius 2 is 2.38 bits per heavy atom. The van der Waals surface area contributed by atoms with Crippen molar-refractivity contribution in [1.82, 2.24) is 9.88 Å². The van der Waals surface area contributed by atoms with Crippen molar-refractivity contribution in [3.8, 4) is 0 Å². The number of carbonyl (C=O) groups is 1. The highest BCUT2D eigenvalue weighted by molar-refractivity contribution is 5.68. The molecule has 1 atom stereocenters. The van der Waals surface area contributed by atoms with Gasteiger partial charge >= 0.3 is 5.97 Å². The molecule has 1 N–H and O–H groups in total. The number of nitrogens with one attached hydrogen (secondary N) is 1. The molecule has 0 aliphatic heterocycles. The summed E-state index contributed by atoms with van der Waals surface area (Å²) < 4.78 is 6.61. The fraction of sp³-hybridized carbons (Fsp3) is 0.583. The molecule has 0 aliphatic rings. The van der Waals surface area contributed by atoms with Crippen LogP contribution in [0.5, 0.6) is 0 Å². The number of esters is 1. The number of aromatic nitrogens is 1. The average Bonchev–Trinajstić information content (AvgIpc) is 2.75. The molecular formula is C12H20N2O2. The summed E-state index contributed by atoms with van der Waals surface area (Å²) in [5.41, 5.74) is 1.24. The Balaban J connectivity index is 2.48. The van der Waals surface area contributed by atoms with Gasteiger partial charge in [0.2, 0.25) is 0 Å². The van der Waals surface area contributed by atoms with Crippen molar-refractivity contribution in [2.24, 2.45) is 0 Å². The van der Waals surface area contributed by atoms with Crippen LogP contribution in [0.1, 0.15) is 31.9 Å².